The van der Waals surface area contributed by atoms with Crippen LogP contribution in [0.3, 0.4) is 0 Å². The van der Waals surface area contributed by atoms with Crippen LogP contribution < -0.4 is 0 Å². The molecule has 112 valence electrons. The van der Waals surface area contributed by atoms with Gasteiger partial charge in [0.2, 0.25) is 10.0 Å². The predicted octanol–water partition coefficient (Wildman–Crippen LogP) is 3.37. The van der Waals surface area contributed by atoms with E-state index in [1.807, 2.05) is 30.5 Å². The van der Waals surface area contributed by atoms with E-state index in [2.05, 4.69) is 0 Å². The summed E-state index contributed by atoms with van der Waals surface area (Å²) >= 11 is 1.63. The molecular weight excluding hydrogens is 309 g/mol. The van der Waals surface area contributed by atoms with Crippen molar-refractivity contribution in [1.82, 2.24) is 4.31 Å². The van der Waals surface area contributed by atoms with Gasteiger partial charge in [-0.25, -0.2) is 12.8 Å². The molecule has 0 bridgehead atoms. The lowest BCUT2D eigenvalue weighted by Crippen LogP contribution is -2.26. The molecule has 0 saturated carbocycles. The summed E-state index contributed by atoms with van der Waals surface area (Å²) in [7, 11) is -2.20. The van der Waals surface area contributed by atoms with E-state index < -0.39 is 15.8 Å². The lowest BCUT2D eigenvalue weighted by molar-refractivity contribution is 0.466. The van der Waals surface area contributed by atoms with Crippen molar-refractivity contribution in [3.05, 3.63) is 59.9 Å². The van der Waals surface area contributed by atoms with Crippen molar-refractivity contribution >= 4 is 21.8 Å². The number of sulfonamides is 1. The van der Waals surface area contributed by atoms with Gasteiger partial charge in [-0.1, -0.05) is 18.2 Å². The molecule has 2 aromatic rings. The van der Waals surface area contributed by atoms with Crippen LogP contribution in [-0.2, 0) is 16.6 Å². The minimum Gasteiger partial charge on any atom is -0.207 e. The van der Waals surface area contributed by atoms with Gasteiger partial charge in [-0.15, -0.1) is 11.8 Å². The zero-order valence-electron chi connectivity index (χ0n) is 11.8. The maximum Gasteiger partial charge on any atom is 0.243 e. The Morgan fingerprint density at radius 2 is 1.81 bits per heavy atom. The number of halogens is 1. The molecule has 0 aromatic heterocycles. The molecule has 3 nitrogen and oxygen atoms in total. The number of hydrogen-bond donors (Lipinski definition) is 0. The molecule has 2 aromatic carbocycles. The van der Waals surface area contributed by atoms with Gasteiger partial charge in [-0.3, -0.25) is 0 Å². The summed E-state index contributed by atoms with van der Waals surface area (Å²) in [4.78, 5) is 1.08. The molecule has 21 heavy (non-hydrogen) atoms. The normalized spacial score (nSPS) is 11.8. The summed E-state index contributed by atoms with van der Waals surface area (Å²) < 4.78 is 39.1. The lowest BCUT2D eigenvalue weighted by Gasteiger charge is -2.17. The first-order valence-electron chi connectivity index (χ1n) is 6.28. The second-order valence-electron chi connectivity index (χ2n) is 4.57. The average molecular weight is 325 g/mol. The molecule has 2 rings (SSSR count). The molecular formula is C15H16FNO2S2. The lowest BCUT2D eigenvalue weighted by atomic mass is 10.2. The van der Waals surface area contributed by atoms with Crippen molar-refractivity contribution in [1.29, 1.82) is 0 Å². The molecule has 0 radical (unpaired) electrons. The van der Waals surface area contributed by atoms with Crippen LogP contribution in [-0.4, -0.2) is 26.0 Å². The summed E-state index contributed by atoms with van der Waals surface area (Å²) in [6.07, 6.45) is 1.98. The van der Waals surface area contributed by atoms with Crippen molar-refractivity contribution in [3.8, 4) is 0 Å². The predicted molar refractivity (Wildman–Crippen MR) is 83.3 cm³/mol. The minimum absolute atomic E-state index is 0.0364. The fourth-order valence-electron chi connectivity index (χ4n) is 1.88. The molecule has 0 amide bonds. The van der Waals surface area contributed by atoms with Gasteiger partial charge in [0.25, 0.3) is 0 Å². The highest BCUT2D eigenvalue weighted by atomic mass is 32.2. The topological polar surface area (TPSA) is 37.4 Å². The fourth-order valence-corrected chi connectivity index (χ4v) is 3.48. The van der Waals surface area contributed by atoms with E-state index >= 15 is 0 Å². The van der Waals surface area contributed by atoms with Gasteiger partial charge >= 0.3 is 0 Å². The maximum atomic E-state index is 13.2. The van der Waals surface area contributed by atoms with Gasteiger partial charge < -0.3 is 0 Å². The van der Waals surface area contributed by atoms with Gasteiger partial charge in [-0.2, -0.15) is 4.31 Å². The Bertz CT molecular complexity index is 715. The number of benzene rings is 2. The highest BCUT2D eigenvalue weighted by Gasteiger charge is 2.21. The Kier molecular flexibility index (Phi) is 5.03. The summed E-state index contributed by atoms with van der Waals surface area (Å²) in [6.45, 7) is 0.244. The number of thioether (sulfide) groups is 1. The number of nitrogens with zero attached hydrogens (tertiary/aromatic N) is 1. The molecule has 0 heterocycles. The Balaban J connectivity index is 2.20. The van der Waals surface area contributed by atoms with Crippen LogP contribution >= 0.6 is 11.8 Å². The van der Waals surface area contributed by atoms with Gasteiger partial charge in [0.05, 0.1) is 4.90 Å². The molecule has 0 unspecified atom stereocenters. The van der Waals surface area contributed by atoms with Crippen LogP contribution in [0.1, 0.15) is 5.56 Å². The molecule has 0 aliphatic carbocycles. The van der Waals surface area contributed by atoms with E-state index in [0.717, 1.165) is 16.5 Å². The largest absolute Gasteiger partial charge is 0.243 e. The zero-order valence-corrected chi connectivity index (χ0v) is 13.4. The molecule has 0 atom stereocenters. The Morgan fingerprint density at radius 1 is 1.14 bits per heavy atom. The van der Waals surface area contributed by atoms with Crippen LogP contribution in [0.2, 0.25) is 0 Å². The van der Waals surface area contributed by atoms with Crippen molar-refractivity contribution < 1.29 is 12.8 Å². The first-order valence-corrected chi connectivity index (χ1v) is 8.95. The van der Waals surface area contributed by atoms with Gasteiger partial charge in [0, 0.05) is 18.5 Å². The van der Waals surface area contributed by atoms with E-state index in [0.29, 0.717) is 0 Å². The van der Waals surface area contributed by atoms with Crippen molar-refractivity contribution in [2.45, 2.75) is 16.3 Å². The molecule has 0 N–H and O–H groups in total. The van der Waals surface area contributed by atoms with Crippen LogP contribution in [0, 0.1) is 5.82 Å². The first kappa shape index (κ1) is 16.0. The maximum absolute atomic E-state index is 13.2. The molecule has 0 saturated heterocycles. The zero-order chi connectivity index (χ0) is 15.5. The average Bonchev–Trinajstić information content (AvgIpc) is 2.48. The third-order valence-electron chi connectivity index (χ3n) is 3.07. The van der Waals surface area contributed by atoms with Crippen LogP contribution in [0.5, 0.6) is 0 Å². The standard InChI is InChI=1S/C15H16FNO2S2/c1-17(11-12-6-8-14(20-2)9-7-12)21(18,19)15-5-3-4-13(16)10-15/h3-10H,11H2,1-2H3. The smallest absolute Gasteiger partial charge is 0.207 e. The van der Waals surface area contributed by atoms with E-state index in [-0.39, 0.29) is 11.4 Å². The van der Waals surface area contributed by atoms with Gasteiger partial charge in [0.1, 0.15) is 5.82 Å². The number of hydrogen-bond acceptors (Lipinski definition) is 3. The monoisotopic (exact) mass is 325 g/mol. The van der Waals surface area contributed by atoms with E-state index in [9.17, 15) is 12.8 Å². The van der Waals surface area contributed by atoms with Crippen LogP contribution in [0.25, 0.3) is 0 Å². The van der Waals surface area contributed by atoms with Gasteiger partial charge in [-0.05, 0) is 42.2 Å². The van der Waals surface area contributed by atoms with Gasteiger partial charge in [0.15, 0.2) is 0 Å². The second-order valence-corrected chi connectivity index (χ2v) is 7.49. The molecule has 0 aliphatic heterocycles. The Hall–Kier alpha value is -1.37. The quantitative estimate of drug-likeness (QED) is 0.791. The van der Waals surface area contributed by atoms with Crippen LogP contribution in [0.4, 0.5) is 4.39 Å². The van der Waals surface area contributed by atoms with Crippen molar-refractivity contribution in [3.63, 3.8) is 0 Å². The summed E-state index contributed by atoms with van der Waals surface area (Å²) in [5.74, 6) is -0.561. The SMILES string of the molecule is CSc1ccc(CN(C)S(=O)(=O)c2cccc(F)c2)cc1. The minimum atomic E-state index is -3.69. The van der Waals surface area contributed by atoms with Crippen molar-refractivity contribution in [2.75, 3.05) is 13.3 Å². The van der Waals surface area contributed by atoms with E-state index in [1.54, 1.807) is 11.8 Å². The molecule has 0 spiro atoms. The summed E-state index contributed by atoms with van der Waals surface area (Å²) in [5, 5.41) is 0. The third-order valence-corrected chi connectivity index (χ3v) is 5.61. The highest BCUT2D eigenvalue weighted by molar-refractivity contribution is 7.98. The highest BCUT2D eigenvalue weighted by Crippen LogP contribution is 2.19. The van der Waals surface area contributed by atoms with Crippen molar-refractivity contribution in [2.24, 2.45) is 0 Å². The third kappa shape index (κ3) is 3.84. The molecule has 0 fully saturated rings. The van der Waals surface area contributed by atoms with Crippen LogP contribution in [0.15, 0.2) is 58.3 Å². The Morgan fingerprint density at radius 3 is 2.38 bits per heavy atom. The second kappa shape index (κ2) is 6.60. The fraction of sp³-hybridized carbons (Fsp3) is 0.200. The number of rotatable bonds is 5. The molecule has 6 heteroatoms. The Labute approximate surface area is 128 Å². The summed E-state index contributed by atoms with van der Waals surface area (Å²) in [6, 6.07) is 12.7. The first-order chi connectivity index (χ1) is 9.93. The summed E-state index contributed by atoms with van der Waals surface area (Å²) in [5.41, 5.74) is 0.885. The molecule has 0 aliphatic rings. The van der Waals surface area contributed by atoms with E-state index in [4.69, 9.17) is 0 Å². The van der Waals surface area contributed by atoms with E-state index in [1.165, 1.54) is 29.6 Å².